The molecule has 0 aliphatic carbocycles. The third-order valence-corrected chi connectivity index (χ3v) is 5.32. The van der Waals surface area contributed by atoms with Crippen molar-refractivity contribution >= 4 is 35.3 Å². The van der Waals surface area contributed by atoms with E-state index in [1.54, 1.807) is 48.5 Å². The number of nitrogens with one attached hydrogen (secondary N) is 3. The van der Waals surface area contributed by atoms with Crippen molar-refractivity contribution in [3.05, 3.63) is 83.4 Å². The van der Waals surface area contributed by atoms with Gasteiger partial charge in [0.05, 0.1) is 12.8 Å². The van der Waals surface area contributed by atoms with Crippen LogP contribution in [0.15, 0.2) is 71.8 Å². The molecule has 3 amide bonds. The zero-order chi connectivity index (χ0) is 26.6. The number of hydrogen-bond acceptors (Lipinski definition) is 6. The minimum atomic E-state index is -0.936. The normalized spacial score (nSPS) is 10.6. The highest BCUT2D eigenvalue weighted by atomic mass is 16.5. The number of hydrogen-bond donors (Lipinski definition) is 3. The van der Waals surface area contributed by atoms with E-state index in [4.69, 9.17) is 9.47 Å². The van der Waals surface area contributed by atoms with Crippen LogP contribution in [0.4, 0.5) is 11.4 Å². The predicted molar refractivity (Wildman–Crippen MR) is 143 cm³/mol. The number of rotatable bonds is 10. The van der Waals surface area contributed by atoms with Crippen molar-refractivity contribution in [2.45, 2.75) is 27.2 Å². The predicted octanol–water partition coefficient (Wildman–Crippen LogP) is 4.20. The summed E-state index contributed by atoms with van der Waals surface area (Å²) >= 11 is 0. The van der Waals surface area contributed by atoms with Crippen LogP contribution in [0.25, 0.3) is 0 Å². The first kappa shape index (κ1) is 26.9. The van der Waals surface area contributed by atoms with Crippen molar-refractivity contribution in [2.75, 3.05) is 23.8 Å². The molecule has 3 N–H and O–H groups in total. The van der Waals surface area contributed by atoms with Crippen LogP contribution in [0.2, 0.25) is 0 Å². The van der Waals surface area contributed by atoms with Crippen LogP contribution in [0.3, 0.4) is 0 Å². The minimum absolute atomic E-state index is 0.213. The number of anilines is 2. The molecule has 0 unspecified atom stereocenters. The Labute approximate surface area is 215 Å². The molecule has 3 rings (SSSR count). The zero-order valence-corrected chi connectivity index (χ0v) is 21.0. The summed E-state index contributed by atoms with van der Waals surface area (Å²) in [4.78, 5) is 36.7. The summed E-state index contributed by atoms with van der Waals surface area (Å²) in [5.41, 5.74) is 5.94. The summed E-state index contributed by atoms with van der Waals surface area (Å²) in [5, 5.41) is 9.18. The van der Waals surface area contributed by atoms with Crippen molar-refractivity contribution in [2.24, 2.45) is 5.10 Å². The second-order valence-electron chi connectivity index (χ2n) is 8.15. The molecule has 0 aromatic heterocycles. The smallest absolute Gasteiger partial charge is 0.329 e. The first-order valence-electron chi connectivity index (χ1n) is 11.8. The Hall–Kier alpha value is -4.66. The Morgan fingerprint density at radius 2 is 1.62 bits per heavy atom. The monoisotopic (exact) mass is 502 g/mol. The fourth-order valence-corrected chi connectivity index (χ4v) is 3.19. The summed E-state index contributed by atoms with van der Waals surface area (Å²) < 4.78 is 11.1. The van der Waals surface area contributed by atoms with Gasteiger partial charge in [0.2, 0.25) is 0 Å². The van der Waals surface area contributed by atoms with E-state index >= 15 is 0 Å². The number of carbonyl (C=O) groups excluding carboxylic acids is 3. The molecule has 3 aromatic rings. The molecule has 0 radical (unpaired) electrons. The maximum Gasteiger partial charge on any atom is 0.329 e. The first-order chi connectivity index (χ1) is 17.9. The topological polar surface area (TPSA) is 118 Å². The highest BCUT2D eigenvalue weighted by molar-refractivity contribution is 6.39. The van der Waals surface area contributed by atoms with Crippen molar-refractivity contribution < 1.29 is 23.9 Å². The average Bonchev–Trinajstić information content (AvgIpc) is 2.90. The third-order valence-electron chi connectivity index (χ3n) is 5.32. The molecule has 0 heterocycles. The molecule has 37 heavy (non-hydrogen) atoms. The fraction of sp³-hybridized carbons (Fsp3) is 0.214. The molecular weight excluding hydrogens is 472 g/mol. The molecule has 0 aliphatic heterocycles. The number of aryl methyl sites for hydroxylation is 1. The van der Waals surface area contributed by atoms with Crippen LogP contribution in [0.1, 0.15) is 30.0 Å². The Morgan fingerprint density at radius 1 is 0.865 bits per heavy atom. The molecule has 192 valence electrons. The van der Waals surface area contributed by atoms with Gasteiger partial charge >= 0.3 is 11.8 Å². The van der Waals surface area contributed by atoms with Gasteiger partial charge in [0, 0.05) is 16.9 Å². The number of amides is 3. The Bertz CT molecular complexity index is 1270. The molecule has 3 aromatic carbocycles. The van der Waals surface area contributed by atoms with E-state index in [0.29, 0.717) is 29.4 Å². The molecule has 0 aliphatic rings. The molecule has 0 spiro atoms. The molecule has 0 atom stereocenters. The molecule has 9 heteroatoms. The van der Waals surface area contributed by atoms with Gasteiger partial charge in [-0.05, 0) is 73.9 Å². The van der Waals surface area contributed by atoms with Gasteiger partial charge in [0.15, 0.2) is 6.61 Å². The van der Waals surface area contributed by atoms with Crippen LogP contribution >= 0.6 is 0 Å². The maximum atomic E-state index is 12.4. The Kier molecular flexibility index (Phi) is 9.78. The van der Waals surface area contributed by atoms with Gasteiger partial charge in [-0.25, -0.2) is 5.43 Å². The second-order valence-corrected chi connectivity index (χ2v) is 8.15. The van der Waals surface area contributed by atoms with Gasteiger partial charge in [-0.2, -0.15) is 5.10 Å². The third kappa shape index (κ3) is 8.21. The highest BCUT2D eigenvalue weighted by Gasteiger charge is 2.13. The van der Waals surface area contributed by atoms with Crippen LogP contribution in [-0.2, 0) is 14.4 Å². The summed E-state index contributed by atoms with van der Waals surface area (Å²) in [6.45, 7) is 6.30. The lowest BCUT2D eigenvalue weighted by Crippen LogP contribution is -2.32. The number of hydrazone groups is 1. The largest absolute Gasteiger partial charge is 0.494 e. The van der Waals surface area contributed by atoms with Crippen LogP contribution in [-0.4, -0.2) is 37.1 Å². The SMILES string of the molecule is CCCOc1ccc(NC(=O)C(=O)N/N=C\c2ccccc2OCC(=O)Nc2cccc(C)c2C)cc1. The Morgan fingerprint density at radius 3 is 2.38 bits per heavy atom. The molecule has 0 saturated carbocycles. The molecular formula is C28H30N4O5. The number of ether oxygens (including phenoxy) is 2. The van der Waals surface area contributed by atoms with E-state index < -0.39 is 11.8 Å². The highest BCUT2D eigenvalue weighted by Crippen LogP contribution is 2.19. The van der Waals surface area contributed by atoms with Gasteiger partial charge < -0.3 is 20.1 Å². The van der Waals surface area contributed by atoms with E-state index in [1.807, 2.05) is 39.0 Å². The van der Waals surface area contributed by atoms with Gasteiger partial charge in [-0.15, -0.1) is 0 Å². The maximum absolute atomic E-state index is 12.4. The molecule has 0 bridgehead atoms. The standard InChI is InChI=1S/C28H30N4O5/c1-4-16-36-23-14-12-22(13-15-23)30-27(34)28(35)32-29-17-21-9-5-6-11-25(21)37-18-26(33)31-24-10-7-8-19(2)20(24)3/h5-15,17H,4,16,18H2,1-3H3,(H,30,34)(H,31,33)(H,32,35)/b29-17-. The number of benzene rings is 3. The molecule has 9 nitrogen and oxygen atoms in total. The number of para-hydroxylation sites is 1. The van der Waals surface area contributed by atoms with Crippen molar-refractivity contribution in [3.8, 4) is 11.5 Å². The van der Waals surface area contributed by atoms with E-state index in [1.165, 1.54) is 6.21 Å². The van der Waals surface area contributed by atoms with Crippen molar-refractivity contribution in [1.29, 1.82) is 0 Å². The number of nitrogens with zero attached hydrogens (tertiary/aromatic N) is 1. The molecule has 0 fully saturated rings. The zero-order valence-electron chi connectivity index (χ0n) is 21.0. The van der Waals surface area contributed by atoms with Gasteiger partial charge in [-0.1, -0.05) is 31.2 Å². The summed E-state index contributed by atoms with van der Waals surface area (Å²) in [6.07, 6.45) is 2.22. The first-order valence-corrected chi connectivity index (χ1v) is 11.8. The van der Waals surface area contributed by atoms with Crippen molar-refractivity contribution in [3.63, 3.8) is 0 Å². The van der Waals surface area contributed by atoms with Crippen LogP contribution in [0.5, 0.6) is 11.5 Å². The quantitative estimate of drug-likeness (QED) is 0.218. The van der Waals surface area contributed by atoms with E-state index in [2.05, 4.69) is 21.2 Å². The average molecular weight is 503 g/mol. The Balaban J connectivity index is 1.51. The lowest BCUT2D eigenvalue weighted by Gasteiger charge is -2.12. The minimum Gasteiger partial charge on any atom is -0.494 e. The van der Waals surface area contributed by atoms with Gasteiger partial charge in [0.25, 0.3) is 5.91 Å². The van der Waals surface area contributed by atoms with Crippen LogP contribution < -0.4 is 25.5 Å². The van der Waals surface area contributed by atoms with Gasteiger partial charge in [0.1, 0.15) is 11.5 Å². The number of carbonyl (C=O) groups is 3. The second kappa shape index (κ2) is 13.4. The summed E-state index contributed by atoms with van der Waals surface area (Å²) in [7, 11) is 0. The fourth-order valence-electron chi connectivity index (χ4n) is 3.19. The van der Waals surface area contributed by atoms with Crippen LogP contribution in [0, 0.1) is 13.8 Å². The van der Waals surface area contributed by atoms with Crippen molar-refractivity contribution in [1.82, 2.24) is 5.43 Å². The van der Waals surface area contributed by atoms with E-state index in [-0.39, 0.29) is 12.5 Å². The molecule has 0 saturated heterocycles. The lowest BCUT2D eigenvalue weighted by atomic mass is 10.1. The van der Waals surface area contributed by atoms with Gasteiger partial charge in [-0.3, -0.25) is 14.4 Å². The summed E-state index contributed by atoms with van der Waals surface area (Å²) in [5.74, 6) is -1.04. The summed E-state index contributed by atoms with van der Waals surface area (Å²) in [6, 6.07) is 19.3. The lowest BCUT2D eigenvalue weighted by molar-refractivity contribution is -0.136. The van der Waals surface area contributed by atoms with E-state index in [9.17, 15) is 14.4 Å². The van der Waals surface area contributed by atoms with E-state index in [0.717, 1.165) is 23.2 Å².